The summed E-state index contributed by atoms with van der Waals surface area (Å²) in [4.78, 5) is 13.8. The van der Waals surface area contributed by atoms with Gasteiger partial charge in [-0.05, 0) is 48.8 Å². The summed E-state index contributed by atoms with van der Waals surface area (Å²) < 4.78 is 71.3. The van der Waals surface area contributed by atoms with Crippen molar-refractivity contribution in [3.05, 3.63) is 54.1 Å². The predicted molar refractivity (Wildman–Crippen MR) is 171 cm³/mol. The molecule has 2 aliphatic rings. The average Bonchev–Trinajstić information content (AvgIpc) is 3.68. The van der Waals surface area contributed by atoms with Crippen molar-refractivity contribution in [3.63, 3.8) is 0 Å². The maximum atomic E-state index is 14.3. The number of nitrogens with one attached hydrogen (secondary N) is 1. The van der Waals surface area contributed by atoms with Gasteiger partial charge in [-0.1, -0.05) is 50.6 Å². The fourth-order valence-corrected chi connectivity index (χ4v) is 8.07. The lowest BCUT2D eigenvalue weighted by Crippen LogP contribution is -2.56. The van der Waals surface area contributed by atoms with Crippen molar-refractivity contribution in [2.45, 2.75) is 69.0 Å². The van der Waals surface area contributed by atoms with Gasteiger partial charge in [0.05, 0.1) is 35.9 Å². The molecule has 1 fully saturated rings. The zero-order valence-electron chi connectivity index (χ0n) is 26.5. The number of aliphatic hydroxyl groups is 1. The number of nitrogens with zero attached hydrogens (tertiary/aromatic N) is 2. The molecular weight excluding hydrogens is 638 g/mol. The first-order chi connectivity index (χ1) is 21.7. The first-order valence-electron chi connectivity index (χ1n) is 15.3. The van der Waals surface area contributed by atoms with Crippen molar-refractivity contribution >= 4 is 26.1 Å². The Kier molecular flexibility index (Phi) is 11.9. The van der Waals surface area contributed by atoms with Crippen molar-refractivity contribution in [3.8, 4) is 11.5 Å². The van der Waals surface area contributed by atoms with Gasteiger partial charge in [-0.15, -0.1) is 0 Å². The maximum absolute atomic E-state index is 14.3. The van der Waals surface area contributed by atoms with Gasteiger partial charge in [-0.2, -0.15) is 4.31 Å². The van der Waals surface area contributed by atoms with Crippen LogP contribution in [0, 0.1) is 5.41 Å². The Bertz CT molecular complexity index is 1530. The van der Waals surface area contributed by atoms with Crippen molar-refractivity contribution < 1.29 is 46.1 Å². The molecule has 256 valence electrons. The number of sulfonamides is 2. The summed E-state index contributed by atoms with van der Waals surface area (Å²) in [5.41, 5.74) is 0.208. The van der Waals surface area contributed by atoms with E-state index in [0.717, 1.165) is 11.8 Å². The molecule has 0 saturated carbocycles. The molecular formula is C31H45N3O10S2. The molecule has 0 bridgehead atoms. The quantitative estimate of drug-likeness (QED) is 0.211. The highest BCUT2D eigenvalue weighted by molar-refractivity contribution is 7.89. The molecule has 2 aromatic carbocycles. The lowest BCUT2D eigenvalue weighted by Gasteiger charge is -2.39. The van der Waals surface area contributed by atoms with Crippen LogP contribution in [-0.4, -0.2) is 106 Å². The van der Waals surface area contributed by atoms with Crippen LogP contribution in [0.1, 0.15) is 45.1 Å². The number of fused-ring (bicyclic) bond motifs is 1. The first-order valence-corrected chi connectivity index (χ1v) is 18.6. The lowest BCUT2D eigenvalue weighted by molar-refractivity contribution is 0.0142. The second-order valence-electron chi connectivity index (χ2n) is 12.6. The topological polar surface area (TPSA) is 172 Å². The molecule has 1 amide bonds. The molecule has 3 atom stereocenters. The lowest BCUT2D eigenvalue weighted by atomic mass is 9.87. The Morgan fingerprint density at radius 3 is 2.43 bits per heavy atom. The molecule has 0 aromatic heterocycles. The Morgan fingerprint density at radius 2 is 1.78 bits per heavy atom. The summed E-state index contributed by atoms with van der Waals surface area (Å²) in [6, 6.07) is 12.1. The molecule has 2 aliphatic heterocycles. The van der Waals surface area contributed by atoms with Crippen LogP contribution in [0.25, 0.3) is 0 Å². The number of hydrogen-bond acceptors (Lipinski definition) is 9. The van der Waals surface area contributed by atoms with E-state index in [1.54, 1.807) is 0 Å². The number of hydrogen-bond donors (Lipinski definition) is 3. The van der Waals surface area contributed by atoms with Crippen molar-refractivity contribution in [2.24, 2.45) is 5.41 Å². The van der Waals surface area contributed by atoms with Crippen LogP contribution in [-0.2, 0) is 31.2 Å². The summed E-state index contributed by atoms with van der Waals surface area (Å²) in [5, 5.41) is 22.2. The third-order valence-electron chi connectivity index (χ3n) is 8.23. The Balaban J connectivity index is 1.63. The molecule has 0 spiro atoms. The summed E-state index contributed by atoms with van der Waals surface area (Å²) >= 11 is 0. The maximum Gasteiger partial charge on any atom is 0.407 e. The first kappa shape index (κ1) is 35.9. The highest BCUT2D eigenvalue weighted by Crippen LogP contribution is 2.36. The van der Waals surface area contributed by atoms with Crippen molar-refractivity contribution in [1.29, 1.82) is 0 Å². The average molecular weight is 684 g/mol. The molecule has 4 rings (SSSR count). The molecule has 46 heavy (non-hydrogen) atoms. The third-order valence-corrected chi connectivity index (χ3v) is 10.8. The smallest absolute Gasteiger partial charge is 0.407 e. The Hall–Kier alpha value is -2.95. The van der Waals surface area contributed by atoms with Gasteiger partial charge in [0.1, 0.15) is 0 Å². The second kappa shape index (κ2) is 15.3. The molecule has 0 aliphatic carbocycles. The zero-order valence-corrected chi connectivity index (χ0v) is 28.1. The number of carboxylic acid groups (broad SMARTS) is 1. The van der Waals surface area contributed by atoms with Gasteiger partial charge in [0.15, 0.2) is 11.5 Å². The van der Waals surface area contributed by atoms with E-state index in [1.165, 1.54) is 27.4 Å². The van der Waals surface area contributed by atoms with E-state index in [-0.39, 0.29) is 44.4 Å². The van der Waals surface area contributed by atoms with Crippen LogP contribution >= 0.6 is 0 Å². The highest BCUT2D eigenvalue weighted by Gasteiger charge is 2.40. The normalized spacial score (nSPS) is 18.1. The van der Waals surface area contributed by atoms with E-state index in [1.807, 2.05) is 44.2 Å². The van der Waals surface area contributed by atoms with Gasteiger partial charge >= 0.3 is 6.09 Å². The van der Waals surface area contributed by atoms with Gasteiger partial charge in [-0.25, -0.2) is 26.4 Å². The fourth-order valence-electron chi connectivity index (χ4n) is 5.89. The van der Waals surface area contributed by atoms with Crippen molar-refractivity contribution in [1.82, 2.24) is 13.9 Å². The molecule has 0 unspecified atom stereocenters. The molecule has 2 aromatic rings. The molecule has 2 heterocycles. The van der Waals surface area contributed by atoms with Crippen LogP contribution in [0.4, 0.5) is 4.79 Å². The second-order valence-corrected chi connectivity index (χ2v) is 16.4. The SMILES string of the molecule is CC(C)(CCCCNS(C)(=O)=O)CN(C[C@@H](O)[C@H](Cc1ccccc1)N(C(=O)O)[C@H]1CCOC1)S(=O)(=O)c1ccc2c(c1)OCO2. The van der Waals surface area contributed by atoms with E-state index in [4.69, 9.17) is 14.2 Å². The monoisotopic (exact) mass is 683 g/mol. The summed E-state index contributed by atoms with van der Waals surface area (Å²) in [7, 11) is -7.54. The van der Waals surface area contributed by atoms with Crippen LogP contribution in [0.5, 0.6) is 11.5 Å². The van der Waals surface area contributed by atoms with E-state index in [9.17, 15) is 31.8 Å². The van der Waals surface area contributed by atoms with Gasteiger partial charge in [0.25, 0.3) is 0 Å². The molecule has 15 heteroatoms. The minimum atomic E-state index is -4.22. The van der Waals surface area contributed by atoms with Gasteiger partial charge in [0, 0.05) is 32.3 Å². The van der Waals surface area contributed by atoms with E-state index >= 15 is 0 Å². The number of unbranched alkanes of at least 4 members (excludes halogenated alkanes) is 1. The van der Waals surface area contributed by atoms with E-state index in [2.05, 4.69) is 4.72 Å². The zero-order chi connectivity index (χ0) is 33.5. The van der Waals surface area contributed by atoms with Crippen LogP contribution in [0.2, 0.25) is 0 Å². The minimum Gasteiger partial charge on any atom is -0.465 e. The minimum absolute atomic E-state index is 0.0119. The summed E-state index contributed by atoms with van der Waals surface area (Å²) in [6.45, 7) is 4.27. The van der Waals surface area contributed by atoms with Crippen LogP contribution < -0.4 is 14.2 Å². The number of ether oxygens (including phenoxy) is 3. The Morgan fingerprint density at radius 1 is 1.07 bits per heavy atom. The van der Waals surface area contributed by atoms with Gasteiger partial charge in [0.2, 0.25) is 26.8 Å². The standard InChI is InChI=1S/C31H45N3O10S2/c1-31(2,14-7-8-15-32-45(3,38)39)21-33(46(40,41)25-11-12-28-29(18-25)44-22-43-28)19-27(35)26(17-23-9-5-4-6-10-23)34(30(36)37)24-13-16-42-20-24/h4-6,9-12,18,24,26-27,32,35H,7-8,13-17,19-22H2,1-3H3,(H,36,37)/t24-,26-,27+/m0/s1. The number of rotatable bonds is 17. The number of benzene rings is 2. The van der Waals surface area contributed by atoms with E-state index < -0.39 is 49.7 Å². The number of aliphatic hydroxyl groups excluding tert-OH is 1. The molecule has 0 radical (unpaired) electrons. The summed E-state index contributed by atoms with van der Waals surface area (Å²) in [6.07, 6.45) is 0.863. The number of carbonyl (C=O) groups is 1. The van der Waals surface area contributed by atoms with Gasteiger partial charge < -0.3 is 24.4 Å². The summed E-state index contributed by atoms with van der Waals surface area (Å²) in [5.74, 6) is 0.715. The number of amides is 1. The third kappa shape index (κ3) is 9.78. The fraction of sp³-hybridized carbons (Fsp3) is 0.581. The van der Waals surface area contributed by atoms with Crippen molar-refractivity contribution in [2.75, 3.05) is 45.9 Å². The predicted octanol–water partition coefficient (Wildman–Crippen LogP) is 2.89. The molecule has 1 saturated heterocycles. The van der Waals surface area contributed by atoms with Gasteiger partial charge in [-0.3, -0.25) is 4.90 Å². The van der Waals surface area contributed by atoms with Crippen LogP contribution in [0.15, 0.2) is 53.4 Å². The molecule has 3 N–H and O–H groups in total. The largest absolute Gasteiger partial charge is 0.465 e. The van der Waals surface area contributed by atoms with Crippen LogP contribution in [0.3, 0.4) is 0 Å². The molecule has 13 nitrogen and oxygen atoms in total. The highest BCUT2D eigenvalue weighted by atomic mass is 32.2. The van der Waals surface area contributed by atoms with E-state index in [0.29, 0.717) is 43.8 Å². The Labute approximate surface area is 271 Å².